The molecule has 1 atom stereocenters. The molecule has 1 heterocycles. The standard InChI is InChI=1S/C9H18N2S/c1-3-11(4-2)9(10)8-6-5-7-12-8/h8,10H,3-7H2,1-2H3. The number of hydrogen-bond donors (Lipinski definition) is 1. The lowest BCUT2D eigenvalue weighted by Crippen LogP contribution is -2.35. The topological polar surface area (TPSA) is 27.1 Å². The summed E-state index contributed by atoms with van der Waals surface area (Å²) in [6, 6.07) is 0. The first kappa shape index (κ1) is 9.90. The molecule has 12 heavy (non-hydrogen) atoms. The van der Waals surface area contributed by atoms with Crippen LogP contribution in [0.5, 0.6) is 0 Å². The predicted octanol–water partition coefficient (Wildman–Crippen LogP) is 2.20. The molecule has 70 valence electrons. The van der Waals surface area contributed by atoms with Crippen molar-refractivity contribution in [3.63, 3.8) is 0 Å². The van der Waals surface area contributed by atoms with E-state index in [4.69, 9.17) is 5.41 Å². The van der Waals surface area contributed by atoms with Crippen molar-refractivity contribution in [2.24, 2.45) is 0 Å². The molecule has 0 amide bonds. The van der Waals surface area contributed by atoms with Crippen molar-refractivity contribution in [2.45, 2.75) is 31.9 Å². The van der Waals surface area contributed by atoms with Gasteiger partial charge >= 0.3 is 0 Å². The van der Waals surface area contributed by atoms with Crippen LogP contribution in [-0.4, -0.2) is 34.8 Å². The van der Waals surface area contributed by atoms with E-state index in [1.165, 1.54) is 18.6 Å². The van der Waals surface area contributed by atoms with E-state index in [2.05, 4.69) is 18.7 Å². The van der Waals surface area contributed by atoms with E-state index in [1.54, 1.807) is 0 Å². The van der Waals surface area contributed by atoms with Crippen LogP contribution in [0.1, 0.15) is 26.7 Å². The average Bonchev–Trinajstić information content (AvgIpc) is 2.58. The number of nitrogens with one attached hydrogen (secondary N) is 1. The third kappa shape index (κ3) is 2.16. The van der Waals surface area contributed by atoms with Crippen molar-refractivity contribution in [2.75, 3.05) is 18.8 Å². The molecule has 0 bridgehead atoms. The average molecular weight is 186 g/mol. The van der Waals surface area contributed by atoms with Gasteiger partial charge in [-0.05, 0) is 32.4 Å². The second-order valence-corrected chi connectivity index (χ2v) is 4.37. The zero-order valence-corrected chi connectivity index (χ0v) is 8.78. The lowest BCUT2D eigenvalue weighted by Gasteiger charge is -2.25. The van der Waals surface area contributed by atoms with Crippen molar-refractivity contribution >= 4 is 17.6 Å². The van der Waals surface area contributed by atoms with Crippen LogP contribution in [0.3, 0.4) is 0 Å². The van der Waals surface area contributed by atoms with E-state index in [0.717, 1.165) is 18.9 Å². The summed E-state index contributed by atoms with van der Waals surface area (Å²) in [5, 5.41) is 8.44. The molecular weight excluding hydrogens is 168 g/mol. The largest absolute Gasteiger partial charge is 0.360 e. The number of nitrogens with zero attached hydrogens (tertiary/aromatic N) is 1. The van der Waals surface area contributed by atoms with E-state index < -0.39 is 0 Å². The SMILES string of the molecule is CCN(CC)C(=N)C1CCCS1. The normalized spacial score (nSPS) is 22.7. The highest BCUT2D eigenvalue weighted by atomic mass is 32.2. The van der Waals surface area contributed by atoms with Crippen molar-refractivity contribution < 1.29 is 0 Å². The molecule has 1 fully saturated rings. The molecule has 1 rings (SSSR count). The fraction of sp³-hybridized carbons (Fsp3) is 0.889. The zero-order valence-electron chi connectivity index (χ0n) is 7.97. The van der Waals surface area contributed by atoms with Crippen LogP contribution in [0, 0.1) is 5.41 Å². The number of thioether (sulfide) groups is 1. The van der Waals surface area contributed by atoms with Gasteiger partial charge in [0.1, 0.15) is 5.84 Å². The summed E-state index contributed by atoms with van der Waals surface area (Å²) in [7, 11) is 0. The fourth-order valence-electron chi connectivity index (χ4n) is 1.56. The van der Waals surface area contributed by atoms with Crippen LogP contribution in [0.2, 0.25) is 0 Å². The molecule has 0 aromatic carbocycles. The Kier molecular flexibility index (Phi) is 3.92. The summed E-state index contributed by atoms with van der Waals surface area (Å²) in [4.78, 5) is 2.16. The molecule has 1 aliphatic rings. The molecule has 0 radical (unpaired) electrons. The molecular formula is C9H18N2S. The minimum Gasteiger partial charge on any atom is -0.360 e. The molecule has 2 nitrogen and oxygen atoms in total. The van der Waals surface area contributed by atoms with Crippen LogP contribution in [0.25, 0.3) is 0 Å². The molecule has 0 aliphatic carbocycles. The van der Waals surface area contributed by atoms with Gasteiger partial charge in [0.15, 0.2) is 0 Å². The molecule has 1 N–H and O–H groups in total. The summed E-state index contributed by atoms with van der Waals surface area (Å²) in [6.45, 7) is 6.20. The quantitative estimate of drug-likeness (QED) is 0.540. The van der Waals surface area contributed by atoms with Crippen LogP contribution < -0.4 is 0 Å². The molecule has 0 saturated carbocycles. The fourth-order valence-corrected chi connectivity index (χ4v) is 2.82. The van der Waals surface area contributed by atoms with Crippen LogP contribution in [-0.2, 0) is 0 Å². The Hall–Kier alpha value is -0.180. The van der Waals surface area contributed by atoms with E-state index >= 15 is 0 Å². The maximum absolute atomic E-state index is 7.95. The Bertz CT molecular complexity index is 145. The highest BCUT2D eigenvalue weighted by Crippen LogP contribution is 2.27. The van der Waals surface area contributed by atoms with E-state index in [0.29, 0.717) is 5.25 Å². The third-order valence-corrected chi connectivity index (χ3v) is 3.72. The maximum atomic E-state index is 7.95. The second-order valence-electron chi connectivity index (χ2n) is 3.06. The van der Waals surface area contributed by atoms with Crippen molar-refractivity contribution in [3.8, 4) is 0 Å². The predicted molar refractivity (Wildman–Crippen MR) is 56.1 cm³/mol. The minimum atomic E-state index is 0.491. The Morgan fingerprint density at radius 3 is 2.58 bits per heavy atom. The number of amidine groups is 1. The molecule has 1 unspecified atom stereocenters. The van der Waals surface area contributed by atoms with Crippen LogP contribution >= 0.6 is 11.8 Å². The Morgan fingerprint density at radius 2 is 2.17 bits per heavy atom. The zero-order chi connectivity index (χ0) is 8.97. The van der Waals surface area contributed by atoms with Gasteiger partial charge < -0.3 is 4.90 Å². The molecule has 1 saturated heterocycles. The van der Waals surface area contributed by atoms with Gasteiger partial charge in [-0.15, -0.1) is 0 Å². The van der Waals surface area contributed by atoms with Crippen LogP contribution in [0.15, 0.2) is 0 Å². The lowest BCUT2D eigenvalue weighted by molar-refractivity contribution is 0.452. The smallest absolute Gasteiger partial charge is 0.109 e. The minimum absolute atomic E-state index is 0.491. The van der Waals surface area contributed by atoms with Crippen molar-refractivity contribution in [1.29, 1.82) is 5.41 Å². The van der Waals surface area contributed by atoms with Gasteiger partial charge in [0, 0.05) is 13.1 Å². The molecule has 0 aromatic rings. The first-order valence-corrected chi connectivity index (χ1v) is 5.79. The third-order valence-electron chi connectivity index (χ3n) is 2.34. The molecule has 0 aromatic heterocycles. The van der Waals surface area contributed by atoms with Gasteiger partial charge in [0.05, 0.1) is 5.25 Å². The van der Waals surface area contributed by atoms with Gasteiger partial charge in [-0.2, -0.15) is 11.8 Å². The van der Waals surface area contributed by atoms with Gasteiger partial charge in [0.2, 0.25) is 0 Å². The highest BCUT2D eigenvalue weighted by Gasteiger charge is 2.22. The molecule has 1 aliphatic heterocycles. The van der Waals surface area contributed by atoms with Gasteiger partial charge in [-0.1, -0.05) is 0 Å². The van der Waals surface area contributed by atoms with Gasteiger partial charge in [-0.25, -0.2) is 0 Å². The van der Waals surface area contributed by atoms with E-state index in [-0.39, 0.29) is 0 Å². The van der Waals surface area contributed by atoms with Crippen molar-refractivity contribution in [3.05, 3.63) is 0 Å². The summed E-state index contributed by atoms with van der Waals surface area (Å²) >= 11 is 1.94. The molecule has 3 heteroatoms. The Balaban J connectivity index is 2.43. The Morgan fingerprint density at radius 1 is 1.50 bits per heavy atom. The maximum Gasteiger partial charge on any atom is 0.109 e. The second kappa shape index (κ2) is 4.75. The number of hydrogen-bond acceptors (Lipinski definition) is 2. The van der Waals surface area contributed by atoms with Crippen LogP contribution in [0.4, 0.5) is 0 Å². The van der Waals surface area contributed by atoms with E-state index in [9.17, 15) is 0 Å². The first-order chi connectivity index (χ1) is 5.79. The highest BCUT2D eigenvalue weighted by molar-refractivity contribution is 8.00. The lowest BCUT2D eigenvalue weighted by atomic mass is 10.2. The van der Waals surface area contributed by atoms with Crippen molar-refractivity contribution in [1.82, 2.24) is 4.90 Å². The monoisotopic (exact) mass is 186 g/mol. The summed E-state index contributed by atoms with van der Waals surface area (Å²) < 4.78 is 0. The van der Waals surface area contributed by atoms with E-state index in [1.807, 2.05) is 11.8 Å². The molecule has 0 spiro atoms. The summed E-state index contributed by atoms with van der Waals surface area (Å²) in [5.74, 6) is 2.09. The summed E-state index contributed by atoms with van der Waals surface area (Å²) in [5.41, 5.74) is 0. The summed E-state index contributed by atoms with van der Waals surface area (Å²) in [6.07, 6.45) is 2.50. The number of rotatable bonds is 3. The van der Waals surface area contributed by atoms with Gasteiger partial charge in [0.25, 0.3) is 0 Å². The van der Waals surface area contributed by atoms with Gasteiger partial charge in [-0.3, -0.25) is 5.41 Å². The Labute approximate surface area is 79.2 Å². The first-order valence-electron chi connectivity index (χ1n) is 4.74.